The Labute approximate surface area is 172 Å². The Morgan fingerprint density at radius 1 is 1.11 bits per heavy atom. The van der Waals surface area contributed by atoms with Gasteiger partial charge in [-0.25, -0.2) is 4.79 Å². The van der Waals surface area contributed by atoms with Crippen LogP contribution in [-0.2, 0) is 9.53 Å². The number of thiophene rings is 1. The van der Waals surface area contributed by atoms with Gasteiger partial charge in [-0.1, -0.05) is 36.4 Å². The summed E-state index contributed by atoms with van der Waals surface area (Å²) in [7, 11) is 0. The molecule has 1 atom stereocenters. The zero-order chi connectivity index (χ0) is 20.1. The lowest BCUT2D eigenvalue weighted by Gasteiger charge is -2.18. The highest BCUT2D eigenvalue weighted by atomic mass is 79.9. The monoisotopic (exact) mass is 460 g/mol. The number of nitrogens with zero attached hydrogens (tertiary/aromatic N) is 1. The largest absolute Gasteiger partial charge is 0.443 e. The van der Waals surface area contributed by atoms with Crippen molar-refractivity contribution in [2.75, 3.05) is 5.32 Å². The minimum Gasteiger partial charge on any atom is -0.443 e. The van der Waals surface area contributed by atoms with Crippen LogP contribution >= 0.6 is 27.3 Å². The maximum Gasteiger partial charge on any atom is 0.349 e. The van der Waals surface area contributed by atoms with E-state index in [1.165, 1.54) is 29.5 Å². The molecule has 0 saturated heterocycles. The standard InChI is InChI=1S/C19H13BrN2O5S/c20-14-11-13(22(25)26)8-9-15(14)21-18(23)17(12-5-2-1-3-6-12)27-19(24)16-7-4-10-28-16/h1-11,17H,(H,21,23)/t17-/m0/s1. The topological polar surface area (TPSA) is 98.5 Å². The number of esters is 1. The van der Waals surface area contributed by atoms with E-state index in [1.54, 1.807) is 47.8 Å². The minimum atomic E-state index is -1.18. The van der Waals surface area contributed by atoms with E-state index in [-0.39, 0.29) is 5.69 Å². The second-order valence-electron chi connectivity index (χ2n) is 5.58. The van der Waals surface area contributed by atoms with E-state index in [9.17, 15) is 19.7 Å². The fourth-order valence-corrected chi connectivity index (χ4v) is 3.45. The van der Waals surface area contributed by atoms with E-state index in [1.807, 2.05) is 0 Å². The molecule has 0 aliphatic carbocycles. The van der Waals surface area contributed by atoms with Crippen molar-refractivity contribution in [2.24, 2.45) is 0 Å². The van der Waals surface area contributed by atoms with Crippen LogP contribution in [0.15, 0.2) is 70.5 Å². The predicted molar refractivity (Wildman–Crippen MR) is 108 cm³/mol. The molecule has 0 bridgehead atoms. The smallest absolute Gasteiger partial charge is 0.349 e. The number of ether oxygens (including phenoxy) is 1. The van der Waals surface area contributed by atoms with Gasteiger partial charge in [0.15, 0.2) is 0 Å². The van der Waals surface area contributed by atoms with E-state index in [2.05, 4.69) is 21.2 Å². The van der Waals surface area contributed by atoms with Crippen LogP contribution < -0.4 is 5.32 Å². The summed E-state index contributed by atoms with van der Waals surface area (Å²) in [6.07, 6.45) is -1.18. The van der Waals surface area contributed by atoms with Gasteiger partial charge in [-0.15, -0.1) is 11.3 Å². The van der Waals surface area contributed by atoms with Crippen LogP contribution in [0.1, 0.15) is 21.3 Å². The van der Waals surface area contributed by atoms with Crippen LogP contribution in [0.4, 0.5) is 11.4 Å². The molecule has 28 heavy (non-hydrogen) atoms. The summed E-state index contributed by atoms with van der Waals surface area (Å²) in [4.78, 5) is 35.9. The number of nitro benzene ring substituents is 1. The lowest BCUT2D eigenvalue weighted by atomic mass is 10.1. The number of benzene rings is 2. The number of anilines is 1. The molecule has 142 valence electrons. The van der Waals surface area contributed by atoms with Crippen molar-refractivity contribution in [1.29, 1.82) is 0 Å². The highest BCUT2D eigenvalue weighted by molar-refractivity contribution is 9.10. The molecule has 1 heterocycles. The first-order valence-corrected chi connectivity index (χ1v) is 9.67. The molecule has 0 saturated carbocycles. The van der Waals surface area contributed by atoms with Crippen LogP contribution in [0.2, 0.25) is 0 Å². The third-order valence-electron chi connectivity index (χ3n) is 3.71. The Morgan fingerprint density at radius 2 is 1.86 bits per heavy atom. The fraction of sp³-hybridized carbons (Fsp3) is 0.0526. The summed E-state index contributed by atoms with van der Waals surface area (Å²) in [6, 6.07) is 15.9. The van der Waals surface area contributed by atoms with Crippen molar-refractivity contribution < 1.29 is 19.2 Å². The van der Waals surface area contributed by atoms with Gasteiger partial charge in [-0.2, -0.15) is 0 Å². The SMILES string of the molecule is O=C(O[C@H](C(=O)Nc1ccc([N+](=O)[O-])cc1Br)c1ccccc1)c1cccs1. The summed E-state index contributed by atoms with van der Waals surface area (Å²) in [6.45, 7) is 0. The molecular formula is C19H13BrN2O5S. The van der Waals surface area contributed by atoms with Crippen molar-refractivity contribution in [2.45, 2.75) is 6.10 Å². The maximum absolute atomic E-state index is 12.8. The lowest BCUT2D eigenvalue weighted by molar-refractivity contribution is -0.384. The molecular weight excluding hydrogens is 448 g/mol. The first kappa shape index (κ1) is 19.7. The van der Waals surface area contributed by atoms with Crippen LogP contribution in [0.25, 0.3) is 0 Å². The molecule has 3 aromatic rings. The zero-order valence-corrected chi connectivity index (χ0v) is 16.6. The molecule has 0 radical (unpaired) electrons. The number of nitrogens with one attached hydrogen (secondary N) is 1. The average Bonchev–Trinajstić information content (AvgIpc) is 3.23. The number of amides is 1. The molecule has 3 rings (SSSR count). The second kappa shape index (κ2) is 8.77. The molecule has 2 aromatic carbocycles. The molecule has 0 fully saturated rings. The average molecular weight is 461 g/mol. The van der Waals surface area contributed by atoms with Crippen molar-refractivity contribution in [3.05, 3.63) is 91.1 Å². The zero-order valence-electron chi connectivity index (χ0n) is 14.2. The minimum absolute atomic E-state index is 0.117. The Bertz CT molecular complexity index is 1010. The summed E-state index contributed by atoms with van der Waals surface area (Å²) in [5.41, 5.74) is 0.709. The summed E-state index contributed by atoms with van der Waals surface area (Å²) in [5, 5.41) is 15.2. The number of halogens is 1. The van der Waals surface area contributed by atoms with Gasteiger partial charge < -0.3 is 10.1 Å². The van der Waals surface area contributed by atoms with Crippen LogP contribution in [0, 0.1) is 10.1 Å². The molecule has 1 amide bonds. The van der Waals surface area contributed by atoms with Gasteiger partial charge in [-0.05, 0) is 33.4 Å². The van der Waals surface area contributed by atoms with E-state index < -0.39 is 22.9 Å². The molecule has 0 unspecified atom stereocenters. The van der Waals surface area contributed by atoms with Gasteiger partial charge in [0.25, 0.3) is 11.6 Å². The van der Waals surface area contributed by atoms with Gasteiger partial charge in [0.05, 0.1) is 10.6 Å². The van der Waals surface area contributed by atoms with E-state index in [0.29, 0.717) is 20.6 Å². The Balaban J connectivity index is 1.84. The molecule has 1 N–H and O–H groups in total. The first-order valence-electron chi connectivity index (χ1n) is 8.00. The Hall–Kier alpha value is -3.04. The number of non-ortho nitro benzene ring substituents is 1. The summed E-state index contributed by atoms with van der Waals surface area (Å²) >= 11 is 4.42. The second-order valence-corrected chi connectivity index (χ2v) is 7.39. The van der Waals surface area contributed by atoms with E-state index in [0.717, 1.165) is 0 Å². The number of hydrogen-bond donors (Lipinski definition) is 1. The summed E-state index contributed by atoms with van der Waals surface area (Å²) in [5.74, 6) is -1.19. The van der Waals surface area contributed by atoms with Gasteiger partial charge in [0.2, 0.25) is 6.10 Å². The first-order chi connectivity index (χ1) is 13.5. The van der Waals surface area contributed by atoms with E-state index in [4.69, 9.17) is 4.74 Å². The molecule has 0 spiro atoms. The van der Waals surface area contributed by atoms with Crippen molar-refractivity contribution in [3.63, 3.8) is 0 Å². The fourth-order valence-electron chi connectivity index (χ4n) is 2.38. The quantitative estimate of drug-likeness (QED) is 0.318. The normalized spacial score (nSPS) is 11.5. The third-order valence-corrected chi connectivity index (χ3v) is 5.22. The van der Waals surface area contributed by atoms with Gasteiger partial charge >= 0.3 is 5.97 Å². The number of carbonyl (C=O) groups is 2. The number of nitro groups is 1. The Morgan fingerprint density at radius 3 is 2.46 bits per heavy atom. The number of carbonyl (C=O) groups excluding carboxylic acids is 2. The van der Waals surface area contributed by atoms with E-state index >= 15 is 0 Å². The van der Waals surface area contributed by atoms with Gasteiger partial charge in [0.1, 0.15) is 4.88 Å². The molecule has 0 aliphatic heterocycles. The number of hydrogen-bond acceptors (Lipinski definition) is 6. The Kier molecular flexibility index (Phi) is 6.17. The highest BCUT2D eigenvalue weighted by Crippen LogP contribution is 2.29. The van der Waals surface area contributed by atoms with Gasteiger partial charge in [0, 0.05) is 22.2 Å². The predicted octanol–water partition coefficient (Wildman–Crippen LogP) is 4.96. The molecule has 0 aliphatic rings. The van der Waals surface area contributed by atoms with Crippen LogP contribution in [0.3, 0.4) is 0 Å². The molecule has 1 aromatic heterocycles. The van der Waals surface area contributed by atoms with Crippen LogP contribution in [-0.4, -0.2) is 16.8 Å². The third kappa shape index (κ3) is 4.62. The summed E-state index contributed by atoms with van der Waals surface area (Å²) < 4.78 is 5.79. The van der Waals surface area contributed by atoms with Gasteiger partial charge in [-0.3, -0.25) is 14.9 Å². The number of rotatable bonds is 6. The molecule has 9 heteroatoms. The van der Waals surface area contributed by atoms with Crippen molar-refractivity contribution in [1.82, 2.24) is 0 Å². The van der Waals surface area contributed by atoms with Crippen molar-refractivity contribution in [3.8, 4) is 0 Å². The van der Waals surface area contributed by atoms with Crippen LogP contribution in [0.5, 0.6) is 0 Å². The van der Waals surface area contributed by atoms with Crippen molar-refractivity contribution >= 4 is 50.5 Å². The molecule has 7 nitrogen and oxygen atoms in total. The highest BCUT2D eigenvalue weighted by Gasteiger charge is 2.27. The lowest BCUT2D eigenvalue weighted by Crippen LogP contribution is -2.25. The maximum atomic E-state index is 12.8.